The molecule has 7 aliphatic heterocycles. The second-order valence-corrected chi connectivity index (χ2v) is 32.4. The fraction of sp³-hybridized carbons (Fsp3) is 0.378. The molecule has 11 bridgehead atoms. The average Bonchev–Trinajstić information content (AvgIpc) is 1.57. The SMILES string of the molecule is CN[C@H](CC(C)C)C(=O)N[C@H]1C(=O)NC2(C[C@H]2C(N)=O)C(=O)N[C@H]2C(=O)N[C@H]3C(=O)N[C@H](C(=O)N[C@@H](C(=O)NNC(N)=O)c4cc(O)cc(O)c4-c4cc3ccc4O)[C@H](O)c3ccc(c(Cl)c3)Oc3cc2cc(c3O[C@@H]2O[C@H](CO)[C@@H](O)[C@H](O)[C@H]2O[C@H]2C[C@](C)(NCc3cncc(NC(=O)c4ccc(OC(F)(F)F)cc4)c3)[C@H](O)[C@H](C)O2)Oc2ccc(cc2Cl)[C@H]1O. The average molecular weight is 1810 g/mol. The smallest absolute Gasteiger partial charge is 0.508 e. The van der Waals surface area contributed by atoms with E-state index in [9.17, 15) is 83.1 Å². The molecule has 24 N–H and O–H groups in total. The van der Waals surface area contributed by atoms with Crippen LogP contribution in [0.4, 0.5) is 23.7 Å². The molecule has 19 atom stereocenters. The first kappa shape index (κ1) is 92.2. The van der Waals surface area contributed by atoms with Crippen LogP contribution < -0.4 is 89.1 Å². The number of nitrogens with one attached hydrogen (secondary N) is 11. The van der Waals surface area contributed by atoms with E-state index in [0.717, 1.165) is 97.1 Å². The predicted octanol–water partition coefficient (Wildman–Crippen LogP) is 2.10. The fourth-order valence-electron chi connectivity index (χ4n) is 15.5. The number of phenols is 3. The lowest BCUT2D eigenvalue weighted by Gasteiger charge is -2.48. The second kappa shape index (κ2) is 37.2. The van der Waals surface area contributed by atoms with Crippen molar-refractivity contribution in [2.24, 2.45) is 23.3 Å². The highest BCUT2D eigenvalue weighted by atomic mass is 35.5. The van der Waals surface area contributed by atoms with Crippen molar-refractivity contribution in [3.05, 3.63) is 171 Å². The highest BCUT2D eigenvalue weighted by molar-refractivity contribution is 6.32. The Morgan fingerprint density at radius 3 is 1.97 bits per heavy atom. The van der Waals surface area contributed by atoms with Gasteiger partial charge < -0.3 is 138 Å². The molecule has 40 nitrogen and oxygen atoms in total. The number of pyridine rings is 1. The summed E-state index contributed by atoms with van der Waals surface area (Å²) in [6.45, 7) is 5.49. The lowest BCUT2D eigenvalue weighted by Crippen LogP contribution is -2.65. The molecule has 1 aliphatic carbocycles. The number of halogens is 5. The van der Waals surface area contributed by atoms with Gasteiger partial charge in [0.05, 0.1) is 52.7 Å². The first-order valence-corrected chi connectivity index (χ1v) is 40.0. The van der Waals surface area contributed by atoms with Crippen LogP contribution in [0.2, 0.25) is 10.0 Å². The molecule has 2 saturated heterocycles. The molecule has 3 fully saturated rings. The summed E-state index contributed by atoms with van der Waals surface area (Å²) in [6, 6.07) is 5.17. The number of likely N-dealkylation sites (N-methyl/N-ethyl adjacent to an activating group) is 1. The third kappa shape index (κ3) is 20.0. The maximum absolute atomic E-state index is 16.4. The van der Waals surface area contributed by atoms with Crippen molar-refractivity contribution in [3.8, 4) is 62.9 Å². The van der Waals surface area contributed by atoms with Gasteiger partial charge in [-0.15, -0.1) is 13.2 Å². The number of amides is 11. The van der Waals surface area contributed by atoms with Crippen molar-refractivity contribution in [2.45, 2.75) is 169 Å². The van der Waals surface area contributed by atoms with E-state index in [2.05, 4.69) is 57.6 Å². The van der Waals surface area contributed by atoms with Crippen LogP contribution in [-0.4, -0.2) is 209 Å². The number of aromatic hydroxyl groups is 3. The summed E-state index contributed by atoms with van der Waals surface area (Å²) >= 11 is 14.4. The number of nitrogens with zero attached hydrogens (tertiary/aromatic N) is 1. The number of phenolic OH excluding ortho intramolecular Hbond substituents is 3. The van der Waals surface area contributed by atoms with Gasteiger partial charge in [0.1, 0.15) is 101 Å². The van der Waals surface area contributed by atoms with Crippen molar-refractivity contribution in [3.63, 3.8) is 0 Å². The number of aliphatic hydroxyl groups excluding tert-OH is 6. The van der Waals surface area contributed by atoms with Crippen molar-refractivity contribution in [2.75, 3.05) is 19.0 Å². The van der Waals surface area contributed by atoms with Gasteiger partial charge in [0, 0.05) is 47.5 Å². The molecule has 127 heavy (non-hydrogen) atoms. The number of nitrogens with two attached hydrogens (primary N) is 2. The number of primary amides is 2. The highest BCUT2D eigenvalue weighted by Gasteiger charge is 2.65. The zero-order chi connectivity index (χ0) is 91.9. The number of hydrogen-bond donors (Lipinski definition) is 22. The van der Waals surface area contributed by atoms with E-state index >= 15 is 24.0 Å². The Labute approximate surface area is 727 Å². The zero-order valence-corrected chi connectivity index (χ0v) is 68.9. The molecule has 676 valence electrons. The summed E-state index contributed by atoms with van der Waals surface area (Å²) in [5.74, 6) is -19.1. The number of ether oxygens (including phenoxy) is 7. The molecule has 45 heteroatoms. The second-order valence-electron chi connectivity index (χ2n) is 31.6. The fourth-order valence-corrected chi connectivity index (χ4v) is 16.0. The Bertz CT molecular complexity index is 5480. The zero-order valence-electron chi connectivity index (χ0n) is 67.4. The van der Waals surface area contributed by atoms with Crippen LogP contribution in [0.3, 0.4) is 0 Å². The van der Waals surface area contributed by atoms with Gasteiger partial charge in [0.25, 0.3) is 11.8 Å². The van der Waals surface area contributed by atoms with E-state index in [-0.39, 0.29) is 47.7 Å². The van der Waals surface area contributed by atoms with Gasteiger partial charge in [0.15, 0.2) is 23.9 Å². The van der Waals surface area contributed by atoms with E-state index < -0.39 is 283 Å². The molecule has 8 aliphatic rings. The van der Waals surface area contributed by atoms with E-state index in [1.165, 1.54) is 38.5 Å². The van der Waals surface area contributed by atoms with Gasteiger partial charge in [0.2, 0.25) is 53.4 Å². The topological polar surface area (TPSA) is 615 Å². The van der Waals surface area contributed by atoms with Gasteiger partial charge in [-0.25, -0.2) is 10.2 Å². The molecular weight excluding hydrogens is 1720 g/mol. The molecular formula is C82H87Cl2F3N14O26. The maximum atomic E-state index is 16.4. The number of fused-ring (bicyclic) bond motifs is 13. The van der Waals surface area contributed by atoms with Crippen LogP contribution >= 0.6 is 23.2 Å². The van der Waals surface area contributed by atoms with Crippen LogP contribution in [0.15, 0.2) is 122 Å². The lowest BCUT2D eigenvalue weighted by molar-refractivity contribution is -0.334. The van der Waals surface area contributed by atoms with Gasteiger partial charge in [-0.2, -0.15) is 0 Å². The van der Waals surface area contributed by atoms with Gasteiger partial charge in [-0.1, -0.05) is 55.2 Å². The van der Waals surface area contributed by atoms with E-state index in [0.29, 0.717) is 5.56 Å². The Kier molecular flexibility index (Phi) is 27.0. The van der Waals surface area contributed by atoms with Crippen LogP contribution in [-0.2, 0) is 59.1 Å². The summed E-state index contributed by atoms with van der Waals surface area (Å²) in [7, 11) is 1.46. The molecule has 11 amide bonds. The van der Waals surface area contributed by atoms with Crippen molar-refractivity contribution < 1.29 is 140 Å². The normalized spacial score (nSPS) is 27.3. The summed E-state index contributed by atoms with van der Waals surface area (Å²) in [5.41, 5.74) is 8.46. The number of aliphatic hydroxyl groups is 6. The third-order valence-electron chi connectivity index (χ3n) is 22.2. The monoisotopic (exact) mass is 1810 g/mol. The van der Waals surface area contributed by atoms with Crippen molar-refractivity contribution in [1.29, 1.82) is 0 Å². The van der Waals surface area contributed by atoms with E-state index in [1.807, 2.05) is 10.9 Å². The Balaban J connectivity index is 0.960. The minimum atomic E-state index is -4.99. The molecule has 1 saturated carbocycles. The van der Waals surface area contributed by atoms with E-state index in [4.69, 9.17) is 63.1 Å². The number of aromatic nitrogens is 1. The van der Waals surface area contributed by atoms with Crippen LogP contribution in [0.1, 0.15) is 121 Å². The van der Waals surface area contributed by atoms with Crippen LogP contribution in [0, 0.1) is 11.8 Å². The molecule has 15 rings (SSSR count). The number of hydrazine groups is 1. The molecule has 1 spiro atoms. The number of alkyl halides is 3. The minimum absolute atomic E-state index is 0.0429. The Morgan fingerprint density at radius 1 is 0.709 bits per heavy atom. The minimum Gasteiger partial charge on any atom is -0.508 e. The quantitative estimate of drug-likeness (QED) is 0.0547. The lowest BCUT2D eigenvalue weighted by atomic mass is 9.84. The van der Waals surface area contributed by atoms with Gasteiger partial charge >= 0.3 is 12.4 Å². The highest BCUT2D eigenvalue weighted by Crippen LogP contribution is 2.51. The maximum Gasteiger partial charge on any atom is 0.573 e. The summed E-state index contributed by atoms with van der Waals surface area (Å²) in [5, 5.41) is 130. The molecule has 0 radical (unpaired) electrons. The van der Waals surface area contributed by atoms with Gasteiger partial charge in [-0.3, -0.25) is 53.6 Å². The van der Waals surface area contributed by atoms with Crippen LogP contribution in [0.25, 0.3) is 11.1 Å². The summed E-state index contributed by atoms with van der Waals surface area (Å²) in [4.78, 5) is 151. The standard InChI is InChI=1S/C82H87Cl2F3N14O26/c1-31(2)16-47(90-5)71(113)96-61-63(107)37-10-15-51(46(84)20-37)123-53-22-38-21-52(66(53)126-77-67(65(109)64(108)54(30-102)124-77)125-55-26-80(4,68(110)32(3)121-55)92-28-33-17-39(29-91-27-33)93-70(112)34-6-11-41(12-7-34)127-82(85,86)87)122-50-14-9-36(19-45(50)83)62(106)60-74(116)95-59(76(118)100-101-79(89)120)43-23-40(103)24-49(105)56(43)42-18-35(8-13-48(42)104)57(72(114)97-60)94-73(115)58(38)98-78(119)81(99-75(61)117)25-44(81)69(88)111/h6-15,17-24,27,29,31-32,44,47,54-55,57-65,67-68,77,90,92,102-110H,16,25-26,28,30H2,1-5H3,(H2,88,111)(H,93,112)(H,94,115)(H,95,116)(H,96,113)(H,97,114)(H,98,119)(H,99,117)(H,100,118)(H3,89,101,120)/t32-,44-,47+,54+,55-,57+,58+,59+,60-,61+,62+,63+,64+,65-,67+,68+,77-,80-,81?/m0/s1. The number of benzene rings is 6. The third-order valence-corrected chi connectivity index (χ3v) is 22.8. The molecule has 6 aromatic carbocycles. The number of carbonyl (C=O) groups excluding carboxylic acids is 10. The number of urea groups is 1. The van der Waals surface area contributed by atoms with Gasteiger partial charge in [-0.05, 0) is 158 Å². The van der Waals surface area contributed by atoms with E-state index in [1.54, 1.807) is 20.8 Å². The molecule has 1 unspecified atom stereocenters. The Morgan fingerprint density at radius 2 is 1.35 bits per heavy atom. The predicted molar refractivity (Wildman–Crippen MR) is 433 cm³/mol. The van der Waals surface area contributed by atoms with Crippen molar-refractivity contribution >= 4 is 88.1 Å². The summed E-state index contributed by atoms with van der Waals surface area (Å²) < 4.78 is 82.0. The first-order valence-electron chi connectivity index (χ1n) is 39.2. The molecule has 8 heterocycles. The largest absolute Gasteiger partial charge is 0.573 e. The summed E-state index contributed by atoms with van der Waals surface area (Å²) in [6.07, 6.45) is -21.8. The number of rotatable bonds is 18. The first-order chi connectivity index (χ1) is 60.0. The van der Waals surface area contributed by atoms with Crippen LogP contribution in [0.5, 0.6) is 51.7 Å². The molecule has 1 aromatic heterocycles. The van der Waals surface area contributed by atoms with Crippen molar-refractivity contribution in [1.82, 2.24) is 58.4 Å². The number of carbonyl (C=O) groups is 10. The number of anilines is 1. The Hall–Kier alpha value is -12.5. The molecule has 7 aromatic rings. The number of hydrogen-bond acceptors (Lipinski definition) is 29.